The minimum Gasteiger partial charge on any atom is -0.355 e. The number of piperazine rings is 1. The Hall–Kier alpha value is -2.18. The summed E-state index contributed by atoms with van der Waals surface area (Å²) in [5.41, 5.74) is -1.05. The molecule has 2 rings (SSSR count). The largest absolute Gasteiger partial charge is 0.355 e. The van der Waals surface area contributed by atoms with Crippen molar-refractivity contribution in [1.82, 2.24) is 20.2 Å². The summed E-state index contributed by atoms with van der Waals surface area (Å²) in [5.74, 6) is 0.878. The van der Waals surface area contributed by atoms with E-state index in [4.69, 9.17) is 0 Å². The average Bonchev–Trinajstić information content (AvgIpc) is 2.61. The lowest BCUT2D eigenvalue weighted by Crippen LogP contribution is -2.55. The van der Waals surface area contributed by atoms with Gasteiger partial charge in [-0.25, -0.2) is 9.97 Å². The summed E-state index contributed by atoms with van der Waals surface area (Å²) in [7, 11) is 0. The Kier molecular flexibility index (Phi) is 6.33. The van der Waals surface area contributed by atoms with Gasteiger partial charge in [-0.05, 0) is 32.3 Å². The molecule has 0 spiro atoms. The van der Waals surface area contributed by atoms with Crippen LogP contribution in [0.1, 0.15) is 34.1 Å². The second-order valence-electron chi connectivity index (χ2n) is 7.39. The van der Waals surface area contributed by atoms with Crippen LogP contribution in [0.25, 0.3) is 0 Å². The first-order valence-electron chi connectivity index (χ1n) is 8.92. The standard InChI is InChI=1S/C18H29N5O2/c1-14(2)6-9-19-15(24)18(3,4)16(25)22-10-12-23(13-11-22)17-20-7-5-8-21-17/h5,7-8,14H,6,9-13H2,1-4H3,(H,19,24). The van der Waals surface area contributed by atoms with Crippen LogP contribution in [0.4, 0.5) is 5.95 Å². The highest BCUT2D eigenvalue weighted by atomic mass is 16.2. The third-order valence-electron chi connectivity index (χ3n) is 4.51. The van der Waals surface area contributed by atoms with Crippen molar-refractivity contribution < 1.29 is 9.59 Å². The van der Waals surface area contributed by atoms with Crippen LogP contribution in [0.5, 0.6) is 0 Å². The Balaban J connectivity index is 1.88. The van der Waals surface area contributed by atoms with Gasteiger partial charge >= 0.3 is 0 Å². The number of amides is 2. The monoisotopic (exact) mass is 347 g/mol. The Labute approximate surface area is 149 Å². The molecule has 1 aromatic heterocycles. The zero-order chi connectivity index (χ0) is 18.4. The van der Waals surface area contributed by atoms with E-state index in [1.165, 1.54) is 0 Å². The van der Waals surface area contributed by atoms with E-state index in [2.05, 4.69) is 34.0 Å². The molecule has 0 unspecified atom stereocenters. The predicted octanol–water partition coefficient (Wildman–Crippen LogP) is 1.31. The molecule has 0 saturated carbocycles. The molecule has 0 atom stereocenters. The lowest BCUT2D eigenvalue weighted by molar-refractivity contribution is -0.148. The number of carbonyl (C=O) groups excluding carboxylic acids is 2. The Bertz CT molecular complexity index is 580. The van der Waals surface area contributed by atoms with Crippen molar-refractivity contribution in [2.75, 3.05) is 37.6 Å². The molecule has 2 heterocycles. The first kappa shape index (κ1) is 19.1. The summed E-state index contributed by atoms with van der Waals surface area (Å²) in [6.07, 6.45) is 4.33. The molecule has 1 N–H and O–H groups in total. The Morgan fingerprint density at radius 3 is 2.32 bits per heavy atom. The molecule has 1 aliphatic heterocycles. The lowest BCUT2D eigenvalue weighted by Gasteiger charge is -2.38. The number of nitrogens with one attached hydrogen (secondary N) is 1. The van der Waals surface area contributed by atoms with Crippen molar-refractivity contribution >= 4 is 17.8 Å². The number of aromatic nitrogens is 2. The SMILES string of the molecule is CC(C)CCNC(=O)C(C)(C)C(=O)N1CCN(c2ncccn2)CC1. The molecule has 1 aromatic rings. The van der Waals surface area contributed by atoms with Crippen molar-refractivity contribution in [2.45, 2.75) is 34.1 Å². The summed E-state index contributed by atoms with van der Waals surface area (Å²) in [6.45, 7) is 10.7. The first-order chi connectivity index (χ1) is 11.8. The number of carbonyl (C=O) groups is 2. The van der Waals surface area contributed by atoms with Gasteiger partial charge in [0, 0.05) is 45.1 Å². The number of rotatable bonds is 6. The molecule has 7 nitrogen and oxygen atoms in total. The molecular weight excluding hydrogens is 318 g/mol. The van der Waals surface area contributed by atoms with Gasteiger partial charge in [0.15, 0.2) is 0 Å². The molecule has 138 valence electrons. The average molecular weight is 347 g/mol. The first-order valence-corrected chi connectivity index (χ1v) is 8.92. The van der Waals surface area contributed by atoms with E-state index in [9.17, 15) is 9.59 Å². The van der Waals surface area contributed by atoms with Crippen LogP contribution in [0.2, 0.25) is 0 Å². The van der Waals surface area contributed by atoms with Gasteiger partial charge in [0.25, 0.3) is 0 Å². The van der Waals surface area contributed by atoms with Crippen LogP contribution in [-0.2, 0) is 9.59 Å². The van der Waals surface area contributed by atoms with Gasteiger partial charge in [-0.2, -0.15) is 0 Å². The van der Waals surface area contributed by atoms with Crippen molar-refractivity contribution in [3.8, 4) is 0 Å². The van der Waals surface area contributed by atoms with Gasteiger partial charge in [0.1, 0.15) is 5.41 Å². The normalized spacial score (nSPS) is 15.4. The van der Waals surface area contributed by atoms with Crippen LogP contribution in [0, 0.1) is 11.3 Å². The van der Waals surface area contributed by atoms with Crippen molar-refractivity contribution in [3.63, 3.8) is 0 Å². The molecule has 25 heavy (non-hydrogen) atoms. The van der Waals surface area contributed by atoms with Crippen molar-refractivity contribution in [2.24, 2.45) is 11.3 Å². The van der Waals surface area contributed by atoms with Gasteiger partial charge in [-0.1, -0.05) is 13.8 Å². The second-order valence-corrected chi connectivity index (χ2v) is 7.39. The molecule has 1 fully saturated rings. The van der Waals surface area contributed by atoms with E-state index in [1.54, 1.807) is 37.2 Å². The molecule has 0 bridgehead atoms. The van der Waals surface area contributed by atoms with Gasteiger partial charge < -0.3 is 15.1 Å². The summed E-state index contributed by atoms with van der Waals surface area (Å²) in [5, 5.41) is 2.89. The van der Waals surface area contributed by atoms with Crippen LogP contribution in [0.15, 0.2) is 18.5 Å². The smallest absolute Gasteiger partial charge is 0.237 e. The second kappa shape index (κ2) is 8.27. The highest BCUT2D eigenvalue weighted by molar-refractivity contribution is 6.04. The van der Waals surface area contributed by atoms with Gasteiger partial charge in [0.05, 0.1) is 0 Å². The van der Waals surface area contributed by atoms with Crippen LogP contribution in [-0.4, -0.2) is 59.4 Å². The maximum atomic E-state index is 12.8. The van der Waals surface area contributed by atoms with E-state index < -0.39 is 5.41 Å². The van der Waals surface area contributed by atoms with Crippen molar-refractivity contribution in [3.05, 3.63) is 18.5 Å². The number of hydrogen-bond acceptors (Lipinski definition) is 5. The molecule has 2 amide bonds. The highest BCUT2D eigenvalue weighted by Crippen LogP contribution is 2.21. The number of anilines is 1. The molecule has 0 aromatic carbocycles. The molecule has 7 heteroatoms. The van der Waals surface area contributed by atoms with Gasteiger partial charge in [-0.3, -0.25) is 9.59 Å². The van der Waals surface area contributed by atoms with Gasteiger partial charge in [-0.15, -0.1) is 0 Å². The van der Waals surface area contributed by atoms with Crippen LogP contribution >= 0.6 is 0 Å². The Morgan fingerprint density at radius 2 is 1.76 bits per heavy atom. The van der Waals surface area contributed by atoms with E-state index in [0.717, 1.165) is 6.42 Å². The summed E-state index contributed by atoms with van der Waals surface area (Å²) in [6, 6.07) is 1.78. The minimum atomic E-state index is -1.05. The van der Waals surface area contributed by atoms with E-state index >= 15 is 0 Å². The highest BCUT2D eigenvalue weighted by Gasteiger charge is 2.40. The summed E-state index contributed by atoms with van der Waals surface area (Å²) in [4.78, 5) is 37.6. The topological polar surface area (TPSA) is 78.4 Å². The lowest BCUT2D eigenvalue weighted by atomic mass is 9.89. The fourth-order valence-electron chi connectivity index (χ4n) is 2.75. The third kappa shape index (κ3) is 4.90. The zero-order valence-electron chi connectivity index (χ0n) is 15.7. The van der Waals surface area contributed by atoms with Crippen LogP contribution in [0.3, 0.4) is 0 Å². The minimum absolute atomic E-state index is 0.122. The van der Waals surface area contributed by atoms with E-state index in [0.29, 0.717) is 44.6 Å². The maximum absolute atomic E-state index is 12.8. The fourth-order valence-corrected chi connectivity index (χ4v) is 2.75. The quantitative estimate of drug-likeness (QED) is 0.785. The fraction of sp³-hybridized carbons (Fsp3) is 0.667. The number of nitrogens with zero attached hydrogens (tertiary/aromatic N) is 4. The summed E-state index contributed by atoms with van der Waals surface area (Å²) >= 11 is 0. The third-order valence-corrected chi connectivity index (χ3v) is 4.51. The zero-order valence-corrected chi connectivity index (χ0v) is 15.7. The van der Waals surface area contributed by atoms with Gasteiger partial charge in [0.2, 0.25) is 17.8 Å². The molecule has 1 saturated heterocycles. The molecule has 0 radical (unpaired) electrons. The number of hydrogen-bond donors (Lipinski definition) is 1. The molecule has 0 aliphatic carbocycles. The summed E-state index contributed by atoms with van der Waals surface area (Å²) < 4.78 is 0. The van der Waals surface area contributed by atoms with E-state index in [-0.39, 0.29) is 11.8 Å². The Morgan fingerprint density at radius 1 is 1.16 bits per heavy atom. The van der Waals surface area contributed by atoms with E-state index in [1.807, 2.05) is 0 Å². The molecule has 1 aliphatic rings. The van der Waals surface area contributed by atoms with Crippen LogP contribution < -0.4 is 10.2 Å². The predicted molar refractivity (Wildman–Crippen MR) is 97.1 cm³/mol. The maximum Gasteiger partial charge on any atom is 0.237 e. The van der Waals surface area contributed by atoms with Crippen molar-refractivity contribution in [1.29, 1.82) is 0 Å². The molecular formula is C18H29N5O2.